The van der Waals surface area contributed by atoms with Gasteiger partial charge in [-0.1, -0.05) is 18.2 Å². The molecule has 7 heteroatoms. The minimum Gasteiger partial charge on any atom is -0.384 e. The molecule has 0 aliphatic carbocycles. The Kier molecular flexibility index (Phi) is 5.35. The third-order valence-corrected chi connectivity index (χ3v) is 7.67. The number of aryl methyl sites for hydroxylation is 2. The Bertz CT molecular complexity index is 1580. The third-order valence-electron chi connectivity index (χ3n) is 7.67. The Morgan fingerprint density at radius 2 is 1.65 bits per heavy atom. The second-order valence-corrected chi connectivity index (χ2v) is 9.89. The predicted octanol–water partition coefficient (Wildman–Crippen LogP) is 5.59. The van der Waals surface area contributed by atoms with E-state index in [1.54, 1.807) is 6.07 Å². The van der Waals surface area contributed by atoms with Crippen LogP contribution in [0.5, 0.6) is 0 Å². The first-order valence-corrected chi connectivity index (χ1v) is 12.2. The highest BCUT2D eigenvalue weighted by molar-refractivity contribution is 5.94. The molecule has 1 amide bonds. The summed E-state index contributed by atoms with van der Waals surface area (Å²) in [6, 6.07) is 17.3. The van der Waals surface area contributed by atoms with E-state index >= 15 is 0 Å². The Labute approximate surface area is 214 Å². The SMILES string of the molecule is Cc1cc(N)nc(C)c1CNC(=O)c1ccc2c(c1)C1c3cc(-c4ccc(F)cc4F)ccc3C2N1C. The summed E-state index contributed by atoms with van der Waals surface area (Å²) in [6.07, 6.45) is 0. The number of pyridine rings is 1. The van der Waals surface area contributed by atoms with Crippen LogP contribution in [0.15, 0.2) is 60.7 Å². The van der Waals surface area contributed by atoms with E-state index in [0.717, 1.165) is 34.0 Å². The van der Waals surface area contributed by atoms with Crippen molar-refractivity contribution in [3.05, 3.63) is 117 Å². The van der Waals surface area contributed by atoms with Crippen LogP contribution in [0.2, 0.25) is 0 Å². The van der Waals surface area contributed by atoms with Gasteiger partial charge in [-0.25, -0.2) is 13.8 Å². The van der Waals surface area contributed by atoms with E-state index < -0.39 is 11.6 Å². The van der Waals surface area contributed by atoms with Gasteiger partial charge in [-0.2, -0.15) is 0 Å². The molecule has 186 valence electrons. The maximum atomic E-state index is 14.5. The predicted molar refractivity (Wildman–Crippen MR) is 139 cm³/mol. The maximum absolute atomic E-state index is 14.5. The second-order valence-electron chi connectivity index (χ2n) is 9.89. The lowest BCUT2D eigenvalue weighted by molar-refractivity contribution is 0.0950. The van der Waals surface area contributed by atoms with Crippen LogP contribution in [0.3, 0.4) is 0 Å². The number of nitrogen functional groups attached to an aromatic ring is 1. The van der Waals surface area contributed by atoms with Crippen molar-refractivity contribution in [2.24, 2.45) is 0 Å². The number of halogens is 2. The average Bonchev–Trinajstić information content (AvgIpc) is 3.30. The number of carbonyl (C=O) groups excluding carboxylic acids is 1. The van der Waals surface area contributed by atoms with Crippen molar-refractivity contribution < 1.29 is 13.6 Å². The number of nitrogens with zero attached hydrogens (tertiary/aromatic N) is 2. The van der Waals surface area contributed by atoms with E-state index in [4.69, 9.17) is 5.73 Å². The fourth-order valence-electron chi connectivity index (χ4n) is 5.94. The fraction of sp³-hybridized carbons (Fsp3) is 0.200. The van der Waals surface area contributed by atoms with Crippen molar-refractivity contribution in [3.8, 4) is 11.1 Å². The van der Waals surface area contributed by atoms with Crippen molar-refractivity contribution in [3.63, 3.8) is 0 Å². The van der Waals surface area contributed by atoms with Crippen LogP contribution in [-0.2, 0) is 6.54 Å². The van der Waals surface area contributed by atoms with Crippen LogP contribution in [0.1, 0.15) is 61.5 Å². The summed E-state index contributed by atoms with van der Waals surface area (Å²) in [4.78, 5) is 19.7. The van der Waals surface area contributed by atoms with E-state index in [1.165, 1.54) is 23.3 Å². The molecule has 3 aromatic carbocycles. The molecule has 2 unspecified atom stereocenters. The number of fused-ring (bicyclic) bond motifs is 8. The molecule has 3 heterocycles. The Morgan fingerprint density at radius 1 is 0.946 bits per heavy atom. The summed E-state index contributed by atoms with van der Waals surface area (Å²) < 4.78 is 27.9. The van der Waals surface area contributed by atoms with E-state index in [2.05, 4.69) is 22.2 Å². The van der Waals surface area contributed by atoms with Crippen LogP contribution in [0, 0.1) is 25.5 Å². The van der Waals surface area contributed by atoms with Crippen molar-refractivity contribution in [2.75, 3.05) is 12.8 Å². The average molecular weight is 497 g/mol. The molecule has 2 atom stereocenters. The van der Waals surface area contributed by atoms with Crippen LogP contribution in [-0.4, -0.2) is 22.8 Å². The van der Waals surface area contributed by atoms with E-state index in [0.29, 0.717) is 29.1 Å². The van der Waals surface area contributed by atoms with Crippen LogP contribution in [0.4, 0.5) is 14.6 Å². The number of anilines is 1. The highest BCUT2D eigenvalue weighted by Gasteiger charge is 2.46. The lowest BCUT2D eigenvalue weighted by Gasteiger charge is -2.19. The number of amides is 1. The molecule has 0 saturated heterocycles. The van der Waals surface area contributed by atoms with E-state index in [9.17, 15) is 13.6 Å². The molecule has 1 aromatic heterocycles. The molecular formula is C30H26F2N4O. The third kappa shape index (κ3) is 3.69. The molecular weight excluding hydrogens is 470 g/mol. The fourth-order valence-corrected chi connectivity index (χ4v) is 5.94. The molecule has 3 N–H and O–H groups in total. The molecule has 0 spiro atoms. The zero-order valence-corrected chi connectivity index (χ0v) is 20.8. The zero-order valence-electron chi connectivity index (χ0n) is 20.8. The lowest BCUT2D eigenvalue weighted by Crippen LogP contribution is -2.24. The number of aromatic nitrogens is 1. The summed E-state index contributed by atoms with van der Waals surface area (Å²) in [5.41, 5.74) is 14.7. The van der Waals surface area contributed by atoms with E-state index in [1.807, 2.05) is 50.2 Å². The molecule has 2 aliphatic heterocycles. The van der Waals surface area contributed by atoms with Gasteiger partial charge in [-0.05, 0) is 96.2 Å². The Hall–Kier alpha value is -4.10. The van der Waals surface area contributed by atoms with Gasteiger partial charge >= 0.3 is 0 Å². The first-order valence-electron chi connectivity index (χ1n) is 12.2. The number of hydrogen-bond acceptors (Lipinski definition) is 4. The normalized spacial score (nSPS) is 17.5. The summed E-state index contributed by atoms with van der Waals surface area (Å²) in [6.45, 7) is 4.20. The summed E-state index contributed by atoms with van der Waals surface area (Å²) in [5.74, 6) is -0.879. The molecule has 0 saturated carbocycles. The van der Waals surface area contributed by atoms with Gasteiger partial charge in [-0.3, -0.25) is 9.69 Å². The molecule has 5 nitrogen and oxygen atoms in total. The van der Waals surface area contributed by atoms with Crippen LogP contribution >= 0.6 is 0 Å². The van der Waals surface area contributed by atoms with Crippen molar-refractivity contribution in [2.45, 2.75) is 32.5 Å². The minimum atomic E-state index is -0.598. The van der Waals surface area contributed by atoms with Gasteiger partial charge in [0.15, 0.2) is 0 Å². The summed E-state index contributed by atoms with van der Waals surface area (Å²) >= 11 is 0. The molecule has 2 aliphatic rings. The monoisotopic (exact) mass is 496 g/mol. The summed E-state index contributed by atoms with van der Waals surface area (Å²) in [7, 11) is 2.06. The van der Waals surface area contributed by atoms with Gasteiger partial charge in [0.05, 0.1) is 12.1 Å². The second kappa shape index (κ2) is 8.49. The molecule has 0 fully saturated rings. The lowest BCUT2D eigenvalue weighted by atomic mass is 9.83. The topological polar surface area (TPSA) is 71.2 Å². The van der Waals surface area contributed by atoms with Gasteiger partial charge in [0.1, 0.15) is 17.5 Å². The highest BCUT2D eigenvalue weighted by Crippen LogP contribution is 2.56. The smallest absolute Gasteiger partial charge is 0.251 e. The highest BCUT2D eigenvalue weighted by atomic mass is 19.1. The first-order chi connectivity index (χ1) is 17.7. The van der Waals surface area contributed by atoms with Crippen LogP contribution in [0.25, 0.3) is 11.1 Å². The summed E-state index contributed by atoms with van der Waals surface area (Å²) in [5, 5.41) is 3.02. The van der Waals surface area contributed by atoms with Crippen molar-refractivity contribution in [1.29, 1.82) is 0 Å². The number of carbonyl (C=O) groups is 1. The zero-order chi connectivity index (χ0) is 26.0. The number of nitrogens with two attached hydrogens (primary N) is 1. The molecule has 37 heavy (non-hydrogen) atoms. The van der Waals surface area contributed by atoms with Crippen molar-refractivity contribution in [1.82, 2.24) is 15.2 Å². The largest absolute Gasteiger partial charge is 0.384 e. The van der Waals surface area contributed by atoms with Crippen molar-refractivity contribution >= 4 is 11.7 Å². The van der Waals surface area contributed by atoms with Crippen LogP contribution < -0.4 is 11.1 Å². The Morgan fingerprint density at radius 3 is 2.38 bits per heavy atom. The van der Waals surface area contributed by atoms with Gasteiger partial charge in [0.25, 0.3) is 5.91 Å². The maximum Gasteiger partial charge on any atom is 0.251 e. The van der Waals surface area contributed by atoms with Gasteiger partial charge in [0, 0.05) is 29.4 Å². The molecule has 4 aromatic rings. The van der Waals surface area contributed by atoms with E-state index in [-0.39, 0.29) is 18.0 Å². The standard InChI is InChI=1S/C30H26F2N4O/c1-15-10-27(33)35-16(2)25(15)14-34-30(37)18-5-8-22-24(12-18)29-23-11-17(4-7-21(23)28(22)36(29)3)20-9-6-19(31)13-26(20)32/h4-13,28-29H,14H2,1-3H3,(H2,33,35)(H,34,37). The number of rotatable bonds is 4. The first kappa shape index (κ1) is 23.3. The Balaban J connectivity index is 1.30. The molecule has 0 radical (unpaired) electrons. The number of benzene rings is 3. The quantitative estimate of drug-likeness (QED) is 0.386. The number of hydrogen-bond donors (Lipinski definition) is 2. The minimum absolute atomic E-state index is 0.0444. The van der Waals surface area contributed by atoms with Gasteiger partial charge < -0.3 is 11.1 Å². The van der Waals surface area contributed by atoms with Gasteiger partial charge in [-0.15, -0.1) is 0 Å². The molecule has 6 rings (SSSR count). The number of nitrogens with one attached hydrogen (secondary N) is 1. The van der Waals surface area contributed by atoms with Gasteiger partial charge in [0.2, 0.25) is 0 Å². The molecule has 2 bridgehead atoms.